The van der Waals surface area contributed by atoms with E-state index >= 15 is 0 Å². The standard InChI is InChI=1S/C12H24N2O/c1-3-12(4-2)6-9-14(10-7-12)11(15)5-8-13/h3-10,13H2,1-2H3. The first-order valence-corrected chi connectivity index (χ1v) is 6.15. The summed E-state index contributed by atoms with van der Waals surface area (Å²) in [5, 5.41) is 0. The lowest BCUT2D eigenvalue weighted by molar-refractivity contribution is -0.133. The van der Waals surface area contributed by atoms with Crippen molar-refractivity contribution < 1.29 is 4.79 Å². The van der Waals surface area contributed by atoms with Crippen LogP contribution in [0.5, 0.6) is 0 Å². The molecule has 0 spiro atoms. The highest BCUT2D eigenvalue weighted by Crippen LogP contribution is 2.37. The Bertz CT molecular complexity index is 202. The van der Waals surface area contributed by atoms with Crippen LogP contribution < -0.4 is 5.73 Å². The fourth-order valence-corrected chi connectivity index (χ4v) is 2.47. The van der Waals surface area contributed by atoms with Gasteiger partial charge < -0.3 is 10.6 Å². The summed E-state index contributed by atoms with van der Waals surface area (Å²) in [5.41, 5.74) is 5.89. The van der Waals surface area contributed by atoms with Crippen molar-refractivity contribution in [3.8, 4) is 0 Å². The molecule has 88 valence electrons. The molecular formula is C12H24N2O. The zero-order chi connectivity index (χ0) is 11.3. The van der Waals surface area contributed by atoms with E-state index < -0.39 is 0 Å². The Kier molecular flexibility index (Phi) is 4.58. The number of hydrogen-bond acceptors (Lipinski definition) is 2. The molecular weight excluding hydrogens is 188 g/mol. The second-order valence-electron chi connectivity index (χ2n) is 4.63. The highest BCUT2D eigenvalue weighted by molar-refractivity contribution is 5.76. The second kappa shape index (κ2) is 5.50. The SMILES string of the molecule is CCC1(CC)CCN(C(=O)CCN)CC1. The maximum Gasteiger partial charge on any atom is 0.223 e. The molecule has 3 nitrogen and oxygen atoms in total. The van der Waals surface area contributed by atoms with Crippen molar-refractivity contribution in [2.24, 2.45) is 11.1 Å². The van der Waals surface area contributed by atoms with E-state index in [-0.39, 0.29) is 5.91 Å². The van der Waals surface area contributed by atoms with E-state index in [1.807, 2.05) is 4.90 Å². The van der Waals surface area contributed by atoms with Gasteiger partial charge in [0.05, 0.1) is 0 Å². The maximum atomic E-state index is 11.6. The van der Waals surface area contributed by atoms with Gasteiger partial charge in [0, 0.05) is 26.1 Å². The Morgan fingerprint density at radius 1 is 1.27 bits per heavy atom. The zero-order valence-electron chi connectivity index (χ0n) is 10.1. The number of nitrogens with two attached hydrogens (primary N) is 1. The van der Waals surface area contributed by atoms with Crippen LogP contribution in [-0.4, -0.2) is 30.4 Å². The first-order valence-electron chi connectivity index (χ1n) is 6.15. The van der Waals surface area contributed by atoms with E-state index in [1.54, 1.807) is 0 Å². The van der Waals surface area contributed by atoms with Gasteiger partial charge in [0.15, 0.2) is 0 Å². The number of amides is 1. The summed E-state index contributed by atoms with van der Waals surface area (Å²) in [4.78, 5) is 13.6. The number of nitrogens with zero attached hydrogens (tertiary/aromatic N) is 1. The third-order valence-electron chi connectivity index (χ3n) is 4.04. The molecule has 1 rings (SSSR count). The summed E-state index contributed by atoms with van der Waals surface area (Å²) in [5.74, 6) is 0.235. The van der Waals surface area contributed by atoms with Gasteiger partial charge in [-0.15, -0.1) is 0 Å². The minimum atomic E-state index is 0.235. The monoisotopic (exact) mass is 212 g/mol. The topological polar surface area (TPSA) is 46.3 Å². The van der Waals surface area contributed by atoms with E-state index in [0.717, 1.165) is 25.9 Å². The lowest BCUT2D eigenvalue weighted by Gasteiger charge is -2.41. The molecule has 1 aliphatic rings. The van der Waals surface area contributed by atoms with Crippen molar-refractivity contribution in [1.82, 2.24) is 4.90 Å². The quantitative estimate of drug-likeness (QED) is 0.772. The first kappa shape index (κ1) is 12.5. The van der Waals surface area contributed by atoms with Crippen LogP contribution in [-0.2, 0) is 4.79 Å². The van der Waals surface area contributed by atoms with Crippen molar-refractivity contribution in [1.29, 1.82) is 0 Å². The number of rotatable bonds is 4. The van der Waals surface area contributed by atoms with Crippen LogP contribution in [0.3, 0.4) is 0 Å². The van der Waals surface area contributed by atoms with Gasteiger partial charge in [-0.25, -0.2) is 0 Å². The molecule has 0 aromatic rings. The number of hydrogen-bond donors (Lipinski definition) is 1. The van der Waals surface area contributed by atoms with Crippen LogP contribution in [0.15, 0.2) is 0 Å². The molecule has 0 unspecified atom stereocenters. The molecule has 1 fully saturated rings. The van der Waals surface area contributed by atoms with Crippen molar-refractivity contribution in [3.63, 3.8) is 0 Å². The summed E-state index contributed by atoms with van der Waals surface area (Å²) in [6.45, 7) is 6.87. The van der Waals surface area contributed by atoms with Crippen molar-refractivity contribution in [3.05, 3.63) is 0 Å². The average molecular weight is 212 g/mol. The minimum Gasteiger partial charge on any atom is -0.343 e. The molecule has 0 aromatic carbocycles. The van der Waals surface area contributed by atoms with Gasteiger partial charge in [0.25, 0.3) is 0 Å². The van der Waals surface area contributed by atoms with E-state index in [9.17, 15) is 4.79 Å². The molecule has 0 aromatic heterocycles. The van der Waals surface area contributed by atoms with Gasteiger partial charge in [-0.1, -0.05) is 26.7 Å². The molecule has 0 saturated carbocycles. The smallest absolute Gasteiger partial charge is 0.223 e. The molecule has 0 bridgehead atoms. The molecule has 3 heteroatoms. The van der Waals surface area contributed by atoms with Gasteiger partial charge in [-0.05, 0) is 18.3 Å². The van der Waals surface area contributed by atoms with E-state index in [0.29, 0.717) is 18.4 Å². The fraction of sp³-hybridized carbons (Fsp3) is 0.917. The van der Waals surface area contributed by atoms with Crippen LogP contribution in [0, 0.1) is 5.41 Å². The van der Waals surface area contributed by atoms with E-state index in [2.05, 4.69) is 13.8 Å². The third kappa shape index (κ3) is 2.94. The van der Waals surface area contributed by atoms with Crippen LogP contribution in [0.1, 0.15) is 46.0 Å². The number of carbonyl (C=O) groups excluding carboxylic acids is 1. The van der Waals surface area contributed by atoms with Crippen molar-refractivity contribution in [2.45, 2.75) is 46.0 Å². The van der Waals surface area contributed by atoms with Crippen LogP contribution in [0.25, 0.3) is 0 Å². The van der Waals surface area contributed by atoms with Crippen LogP contribution >= 0.6 is 0 Å². The van der Waals surface area contributed by atoms with Gasteiger partial charge in [-0.3, -0.25) is 4.79 Å². The second-order valence-corrected chi connectivity index (χ2v) is 4.63. The van der Waals surface area contributed by atoms with Gasteiger partial charge in [0.2, 0.25) is 5.91 Å². The molecule has 0 atom stereocenters. The lowest BCUT2D eigenvalue weighted by Crippen LogP contribution is -2.43. The van der Waals surface area contributed by atoms with E-state index in [1.165, 1.54) is 12.8 Å². The Hall–Kier alpha value is -0.570. The Balaban J connectivity index is 2.44. The van der Waals surface area contributed by atoms with Crippen LogP contribution in [0.4, 0.5) is 0 Å². The van der Waals surface area contributed by atoms with Gasteiger partial charge >= 0.3 is 0 Å². The summed E-state index contributed by atoms with van der Waals surface area (Å²) in [7, 11) is 0. The highest BCUT2D eigenvalue weighted by Gasteiger charge is 2.32. The molecule has 1 aliphatic heterocycles. The summed E-state index contributed by atoms with van der Waals surface area (Å²) < 4.78 is 0. The first-order chi connectivity index (χ1) is 7.17. The van der Waals surface area contributed by atoms with Crippen molar-refractivity contribution in [2.75, 3.05) is 19.6 Å². The normalized spacial score (nSPS) is 20.3. The summed E-state index contributed by atoms with van der Waals surface area (Å²) in [6.07, 6.45) is 5.31. The maximum absolute atomic E-state index is 11.6. The molecule has 2 N–H and O–H groups in total. The molecule has 0 radical (unpaired) electrons. The van der Waals surface area contributed by atoms with E-state index in [4.69, 9.17) is 5.73 Å². The summed E-state index contributed by atoms with van der Waals surface area (Å²) in [6, 6.07) is 0. The molecule has 15 heavy (non-hydrogen) atoms. The fourth-order valence-electron chi connectivity index (χ4n) is 2.47. The number of piperidine rings is 1. The van der Waals surface area contributed by atoms with Crippen molar-refractivity contribution >= 4 is 5.91 Å². The lowest BCUT2D eigenvalue weighted by atomic mass is 9.74. The number of likely N-dealkylation sites (tertiary alicyclic amines) is 1. The molecule has 0 aliphatic carbocycles. The Morgan fingerprint density at radius 2 is 1.80 bits per heavy atom. The minimum absolute atomic E-state index is 0.235. The van der Waals surface area contributed by atoms with Gasteiger partial charge in [-0.2, -0.15) is 0 Å². The average Bonchev–Trinajstić information content (AvgIpc) is 2.29. The molecule has 1 saturated heterocycles. The summed E-state index contributed by atoms with van der Waals surface area (Å²) >= 11 is 0. The predicted molar refractivity (Wildman–Crippen MR) is 62.5 cm³/mol. The largest absolute Gasteiger partial charge is 0.343 e. The highest BCUT2D eigenvalue weighted by atomic mass is 16.2. The zero-order valence-corrected chi connectivity index (χ0v) is 10.1. The predicted octanol–water partition coefficient (Wildman–Crippen LogP) is 1.76. The number of carbonyl (C=O) groups is 1. The molecule has 1 heterocycles. The third-order valence-corrected chi connectivity index (χ3v) is 4.04. The Morgan fingerprint density at radius 3 is 2.20 bits per heavy atom. The van der Waals surface area contributed by atoms with Gasteiger partial charge in [0.1, 0.15) is 0 Å². The molecule has 1 amide bonds. The Labute approximate surface area is 93.0 Å². The van der Waals surface area contributed by atoms with Crippen LogP contribution in [0.2, 0.25) is 0 Å².